The van der Waals surface area contributed by atoms with Gasteiger partial charge in [0.25, 0.3) is 0 Å². The van der Waals surface area contributed by atoms with Crippen molar-refractivity contribution >= 4 is 0 Å². The van der Waals surface area contributed by atoms with E-state index in [1.54, 1.807) is 19.9 Å². The maximum Gasteiger partial charge on any atom is 0.131 e. The molecule has 0 amide bonds. The van der Waals surface area contributed by atoms with Crippen LogP contribution in [0.15, 0.2) is 12.1 Å². The van der Waals surface area contributed by atoms with Crippen molar-refractivity contribution in [2.45, 2.75) is 13.8 Å². The van der Waals surface area contributed by atoms with Crippen LogP contribution in [0.4, 0.5) is 8.78 Å². The number of rotatable bonds is 1. The van der Waals surface area contributed by atoms with E-state index < -0.39 is 11.6 Å². The lowest BCUT2D eigenvalue weighted by Gasteiger charge is -2.07. The van der Waals surface area contributed by atoms with E-state index in [-0.39, 0.29) is 11.1 Å². The molecule has 0 saturated carbocycles. The zero-order valence-electron chi connectivity index (χ0n) is 7.36. The molecule has 0 aromatic heterocycles. The van der Waals surface area contributed by atoms with Gasteiger partial charge in [0.1, 0.15) is 11.6 Å². The van der Waals surface area contributed by atoms with Gasteiger partial charge in [-0.25, -0.2) is 8.78 Å². The van der Waals surface area contributed by atoms with E-state index in [0.717, 1.165) is 12.1 Å². The average Bonchev–Trinajstić information content (AvgIpc) is 2.02. The first-order valence-electron chi connectivity index (χ1n) is 3.76. The molecular weight excluding hydrogens is 172 g/mol. The van der Waals surface area contributed by atoms with Gasteiger partial charge >= 0.3 is 0 Å². The van der Waals surface area contributed by atoms with Crippen molar-refractivity contribution in [1.29, 1.82) is 5.26 Å². The van der Waals surface area contributed by atoms with Gasteiger partial charge in [-0.2, -0.15) is 5.26 Å². The molecule has 13 heavy (non-hydrogen) atoms. The molecule has 0 bridgehead atoms. The first kappa shape index (κ1) is 9.66. The summed E-state index contributed by atoms with van der Waals surface area (Å²) in [5.41, 5.74) is -0.0426. The molecule has 0 N–H and O–H groups in total. The first-order chi connectivity index (χ1) is 6.06. The van der Waals surface area contributed by atoms with Crippen LogP contribution in [0.2, 0.25) is 0 Å². The summed E-state index contributed by atoms with van der Waals surface area (Å²) in [5.74, 6) is -0.812. The molecule has 0 spiro atoms. The smallest absolute Gasteiger partial charge is 0.131 e. The highest BCUT2D eigenvalue weighted by Gasteiger charge is 2.14. The Morgan fingerprint density at radius 2 is 1.69 bits per heavy atom. The number of hydrogen-bond acceptors (Lipinski definition) is 1. The minimum absolute atomic E-state index is 0.000000000000000444. The van der Waals surface area contributed by atoms with Gasteiger partial charge in [-0.1, -0.05) is 13.8 Å². The van der Waals surface area contributed by atoms with Crippen LogP contribution in [0.1, 0.15) is 25.0 Å². The van der Waals surface area contributed by atoms with Crippen molar-refractivity contribution in [3.63, 3.8) is 0 Å². The average molecular weight is 180 g/mol. The predicted molar refractivity (Wildman–Crippen MR) is 44.8 cm³/mol. The lowest BCUT2D eigenvalue weighted by Crippen LogP contribution is -1.99. The first-order valence-corrected chi connectivity index (χ1v) is 3.76. The normalized spacial score (nSPS) is 10.2. The van der Waals surface area contributed by atoms with E-state index in [9.17, 15) is 8.78 Å². The van der Waals surface area contributed by atoms with E-state index in [4.69, 9.17) is 5.26 Å². The fourth-order valence-electron chi connectivity index (χ4n) is 1.12. The zero-order chi connectivity index (χ0) is 10.0. The molecule has 0 unspecified atom stereocenters. The van der Waals surface area contributed by atoms with Crippen LogP contribution in [0.3, 0.4) is 0 Å². The third-order valence-corrected chi connectivity index (χ3v) is 1.67. The number of halogens is 2. The molecule has 1 radical (unpaired) electrons. The molecule has 0 heterocycles. The SMILES string of the molecule is C[C](C)c1c(F)cc(C#N)cc1F. The van der Waals surface area contributed by atoms with Gasteiger partial charge in [-0.05, 0) is 12.1 Å². The third kappa shape index (κ3) is 1.83. The van der Waals surface area contributed by atoms with Crippen molar-refractivity contribution in [3.8, 4) is 6.07 Å². The summed E-state index contributed by atoms with van der Waals surface area (Å²) in [6, 6.07) is 3.75. The minimum atomic E-state index is -0.684. The molecule has 1 aromatic rings. The number of nitriles is 1. The molecular formula is C10H8F2N. The fourth-order valence-corrected chi connectivity index (χ4v) is 1.12. The molecule has 0 fully saturated rings. The van der Waals surface area contributed by atoms with Gasteiger partial charge in [0.2, 0.25) is 0 Å². The molecule has 0 aliphatic carbocycles. The zero-order valence-corrected chi connectivity index (χ0v) is 7.36. The van der Waals surface area contributed by atoms with Crippen molar-refractivity contribution in [2.75, 3.05) is 0 Å². The lowest BCUT2D eigenvalue weighted by molar-refractivity contribution is 0.563. The molecule has 67 valence electrons. The fraction of sp³-hybridized carbons (Fsp3) is 0.200. The summed E-state index contributed by atoms with van der Waals surface area (Å²) in [5, 5.41) is 8.43. The van der Waals surface area contributed by atoms with E-state index in [0.29, 0.717) is 5.92 Å². The Kier molecular flexibility index (Phi) is 2.62. The second-order valence-electron chi connectivity index (χ2n) is 2.93. The Morgan fingerprint density at radius 3 is 2.00 bits per heavy atom. The largest absolute Gasteiger partial charge is 0.207 e. The van der Waals surface area contributed by atoms with Crippen LogP contribution < -0.4 is 0 Å². The highest BCUT2D eigenvalue weighted by Crippen LogP contribution is 2.22. The molecule has 1 aromatic carbocycles. The summed E-state index contributed by atoms with van der Waals surface area (Å²) in [6.07, 6.45) is 0. The topological polar surface area (TPSA) is 23.8 Å². The van der Waals surface area contributed by atoms with Gasteiger partial charge in [-0.15, -0.1) is 0 Å². The monoisotopic (exact) mass is 180 g/mol. The van der Waals surface area contributed by atoms with Gasteiger partial charge in [0.05, 0.1) is 11.6 Å². The lowest BCUT2D eigenvalue weighted by atomic mass is 10.0. The number of benzene rings is 1. The quantitative estimate of drug-likeness (QED) is 0.651. The molecule has 0 aliphatic rings. The standard InChI is InChI=1S/C10H8F2N/c1-6(2)10-8(11)3-7(5-13)4-9(10)12/h3-4H,1-2H3. The van der Waals surface area contributed by atoms with E-state index in [2.05, 4.69) is 0 Å². The maximum absolute atomic E-state index is 13.1. The highest BCUT2D eigenvalue weighted by atomic mass is 19.1. The van der Waals surface area contributed by atoms with Gasteiger partial charge in [0, 0.05) is 11.5 Å². The number of hydrogen-bond donors (Lipinski definition) is 0. The molecule has 0 saturated heterocycles. The minimum Gasteiger partial charge on any atom is -0.207 e. The highest BCUT2D eigenvalue weighted by molar-refractivity contribution is 5.39. The van der Waals surface area contributed by atoms with Crippen molar-refractivity contribution < 1.29 is 8.78 Å². The van der Waals surface area contributed by atoms with E-state index >= 15 is 0 Å². The van der Waals surface area contributed by atoms with E-state index in [1.807, 2.05) is 0 Å². The van der Waals surface area contributed by atoms with Gasteiger partial charge in [0.15, 0.2) is 0 Å². The Bertz CT molecular complexity index is 341. The molecule has 0 atom stereocenters. The molecule has 3 heteroatoms. The Balaban J connectivity index is 3.33. The molecule has 0 aliphatic heterocycles. The molecule has 1 nitrogen and oxygen atoms in total. The van der Waals surface area contributed by atoms with Crippen LogP contribution >= 0.6 is 0 Å². The van der Waals surface area contributed by atoms with Crippen LogP contribution in [0, 0.1) is 28.9 Å². The van der Waals surface area contributed by atoms with Crippen molar-refractivity contribution in [2.24, 2.45) is 0 Å². The van der Waals surface area contributed by atoms with E-state index in [1.165, 1.54) is 0 Å². The van der Waals surface area contributed by atoms with Gasteiger partial charge in [-0.3, -0.25) is 0 Å². The van der Waals surface area contributed by atoms with Gasteiger partial charge < -0.3 is 0 Å². The maximum atomic E-state index is 13.1. The Hall–Kier alpha value is -1.43. The van der Waals surface area contributed by atoms with Crippen LogP contribution in [0.5, 0.6) is 0 Å². The van der Waals surface area contributed by atoms with Crippen LogP contribution in [0.25, 0.3) is 0 Å². The Labute approximate surface area is 75.6 Å². The summed E-state index contributed by atoms with van der Waals surface area (Å²) in [7, 11) is 0. The Morgan fingerprint density at radius 1 is 1.23 bits per heavy atom. The predicted octanol–water partition coefficient (Wildman–Crippen LogP) is 2.80. The van der Waals surface area contributed by atoms with Crippen LogP contribution in [-0.4, -0.2) is 0 Å². The second-order valence-corrected chi connectivity index (χ2v) is 2.93. The summed E-state index contributed by atoms with van der Waals surface area (Å²) < 4.78 is 26.3. The number of nitrogens with zero attached hydrogens (tertiary/aromatic N) is 1. The third-order valence-electron chi connectivity index (χ3n) is 1.67. The summed E-state index contributed by atoms with van der Waals surface area (Å²) in [6.45, 7) is 3.24. The summed E-state index contributed by atoms with van der Waals surface area (Å²) in [4.78, 5) is 0. The molecule has 1 rings (SSSR count). The summed E-state index contributed by atoms with van der Waals surface area (Å²) >= 11 is 0. The second kappa shape index (κ2) is 3.53. The van der Waals surface area contributed by atoms with Crippen molar-refractivity contribution in [3.05, 3.63) is 40.8 Å². The van der Waals surface area contributed by atoms with Crippen LogP contribution in [-0.2, 0) is 0 Å². The van der Waals surface area contributed by atoms with Crippen molar-refractivity contribution in [1.82, 2.24) is 0 Å².